The Hall–Kier alpha value is -2.11. The van der Waals surface area contributed by atoms with Crippen LogP contribution in [0.15, 0.2) is 24.3 Å². The summed E-state index contributed by atoms with van der Waals surface area (Å²) in [7, 11) is 0. The molecule has 0 heterocycles. The fourth-order valence-electron chi connectivity index (χ4n) is 11.6. The van der Waals surface area contributed by atoms with Gasteiger partial charge in [-0.1, -0.05) is 360 Å². The predicted molar refractivity (Wildman–Crippen MR) is 358 cm³/mol. The van der Waals surface area contributed by atoms with Crippen LogP contribution in [0.1, 0.15) is 425 Å². The fraction of sp³-hybridized carbons (Fsp3) is 0.908. The van der Waals surface area contributed by atoms with Gasteiger partial charge in [-0.15, -0.1) is 0 Å². The lowest BCUT2D eigenvalue weighted by atomic mass is 10.0. The molecule has 6 heteroatoms. The summed E-state index contributed by atoms with van der Waals surface area (Å²) >= 11 is 0. The Morgan fingerprint density at radius 1 is 0.232 bits per heavy atom. The normalized spacial score (nSPS) is 12.1. The highest BCUT2D eigenvalue weighted by molar-refractivity contribution is 5.71. The van der Waals surface area contributed by atoms with E-state index in [0.717, 1.165) is 64.2 Å². The fourth-order valence-corrected chi connectivity index (χ4v) is 11.6. The minimum atomic E-state index is -0.775. The van der Waals surface area contributed by atoms with E-state index in [4.69, 9.17) is 14.2 Å². The molecule has 0 fully saturated rings. The van der Waals surface area contributed by atoms with E-state index in [-0.39, 0.29) is 31.1 Å². The van der Waals surface area contributed by atoms with Gasteiger partial charge in [-0.3, -0.25) is 14.4 Å². The number of hydrogen-bond donors (Lipinski definition) is 0. The Morgan fingerprint density at radius 3 is 0.634 bits per heavy atom. The molecule has 0 saturated carbocycles. The summed E-state index contributed by atoms with van der Waals surface area (Å²) in [4.78, 5) is 38.4. The molecule has 6 nitrogen and oxygen atoms in total. The van der Waals surface area contributed by atoms with Crippen molar-refractivity contribution >= 4 is 17.9 Å². The molecule has 0 N–H and O–H groups in total. The predicted octanol–water partition coefficient (Wildman–Crippen LogP) is 25.7. The lowest BCUT2D eigenvalue weighted by Crippen LogP contribution is -2.30. The molecule has 0 radical (unpaired) electrons. The summed E-state index contributed by atoms with van der Waals surface area (Å²) in [6.07, 6.45) is 88.2. The molecule has 0 aliphatic carbocycles. The van der Waals surface area contributed by atoms with E-state index in [9.17, 15) is 14.4 Å². The van der Waals surface area contributed by atoms with Crippen LogP contribution in [0.2, 0.25) is 0 Å². The number of carbonyl (C=O) groups excluding carboxylic acids is 3. The van der Waals surface area contributed by atoms with Crippen molar-refractivity contribution in [2.45, 2.75) is 431 Å². The molecule has 82 heavy (non-hydrogen) atoms. The van der Waals surface area contributed by atoms with Gasteiger partial charge in [-0.2, -0.15) is 0 Å². The zero-order chi connectivity index (χ0) is 59.2. The molecular formula is C76H144O6. The Kier molecular flexibility index (Phi) is 69.5. The second-order valence-corrected chi connectivity index (χ2v) is 25.6. The summed E-state index contributed by atoms with van der Waals surface area (Å²) in [5, 5.41) is 0. The molecular weight excluding hydrogens is 1010 g/mol. The van der Waals surface area contributed by atoms with E-state index < -0.39 is 6.10 Å². The number of ether oxygens (including phenoxy) is 3. The van der Waals surface area contributed by atoms with Gasteiger partial charge < -0.3 is 14.2 Å². The van der Waals surface area contributed by atoms with Crippen LogP contribution in [-0.2, 0) is 28.6 Å². The van der Waals surface area contributed by atoms with Gasteiger partial charge in [0.05, 0.1) is 0 Å². The Bertz CT molecular complexity index is 1320. The number of allylic oxidation sites excluding steroid dienone is 4. The summed E-state index contributed by atoms with van der Waals surface area (Å²) in [6, 6.07) is 0. The van der Waals surface area contributed by atoms with Crippen molar-refractivity contribution < 1.29 is 28.6 Å². The molecule has 1 unspecified atom stereocenters. The highest BCUT2D eigenvalue weighted by atomic mass is 16.6. The Labute approximate surface area is 513 Å². The third kappa shape index (κ3) is 68.7. The third-order valence-corrected chi connectivity index (χ3v) is 17.2. The molecule has 0 amide bonds. The van der Waals surface area contributed by atoms with Gasteiger partial charge in [0.1, 0.15) is 13.2 Å². The third-order valence-electron chi connectivity index (χ3n) is 17.2. The van der Waals surface area contributed by atoms with Crippen LogP contribution in [-0.4, -0.2) is 37.2 Å². The number of rotatable bonds is 70. The van der Waals surface area contributed by atoms with E-state index in [1.807, 2.05) is 0 Å². The molecule has 0 aliphatic rings. The molecule has 0 aliphatic heterocycles. The Morgan fingerprint density at radius 2 is 0.402 bits per heavy atom. The smallest absolute Gasteiger partial charge is 0.306 e. The minimum Gasteiger partial charge on any atom is -0.462 e. The maximum atomic E-state index is 12.9. The van der Waals surface area contributed by atoms with Crippen molar-refractivity contribution in [1.29, 1.82) is 0 Å². The summed E-state index contributed by atoms with van der Waals surface area (Å²) < 4.78 is 17.0. The number of esters is 3. The largest absolute Gasteiger partial charge is 0.462 e. The van der Waals surface area contributed by atoms with Crippen molar-refractivity contribution in [3.05, 3.63) is 24.3 Å². The molecule has 0 bridgehead atoms. The van der Waals surface area contributed by atoms with Crippen LogP contribution < -0.4 is 0 Å². The number of hydrogen-bond acceptors (Lipinski definition) is 6. The molecule has 1 atom stereocenters. The molecule has 0 spiro atoms. The topological polar surface area (TPSA) is 78.9 Å². The first-order valence-electron chi connectivity index (χ1n) is 37.3. The van der Waals surface area contributed by atoms with Crippen LogP contribution in [0.5, 0.6) is 0 Å². The standard InChI is InChI=1S/C76H144O6/c1-4-7-10-13-16-19-22-25-27-29-31-32-33-34-35-36-37-38-39-40-41-42-43-44-45-46-48-49-51-54-57-60-63-66-69-75(78)81-72-73(71-80-74(77)68-65-62-59-56-53-24-21-18-15-12-9-6-3)82-76(79)70-67-64-61-58-55-52-50-47-30-28-26-23-20-17-14-11-8-5-2/h18,21,28,30,73H,4-17,19-20,22-27,29,31-72H2,1-3H3/b21-18-,30-28-. The first kappa shape index (κ1) is 79.9. The van der Waals surface area contributed by atoms with Gasteiger partial charge in [0.2, 0.25) is 0 Å². The lowest BCUT2D eigenvalue weighted by Gasteiger charge is -2.18. The monoisotopic (exact) mass is 1150 g/mol. The maximum absolute atomic E-state index is 12.9. The zero-order valence-corrected chi connectivity index (χ0v) is 55.8. The quantitative estimate of drug-likeness (QED) is 0.0261. The van der Waals surface area contributed by atoms with Gasteiger partial charge in [0, 0.05) is 19.3 Å². The second-order valence-electron chi connectivity index (χ2n) is 25.6. The minimum absolute atomic E-state index is 0.0705. The van der Waals surface area contributed by atoms with Crippen LogP contribution in [0.3, 0.4) is 0 Å². The molecule has 0 rings (SSSR count). The second kappa shape index (κ2) is 71.4. The van der Waals surface area contributed by atoms with E-state index in [2.05, 4.69) is 45.1 Å². The van der Waals surface area contributed by atoms with Crippen LogP contribution >= 0.6 is 0 Å². The van der Waals surface area contributed by atoms with Gasteiger partial charge in [0.15, 0.2) is 6.10 Å². The highest BCUT2D eigenvalue weighted by Gasteiger charge is 2.20. The van der Waals surface area contributed by atoms with Gasteiger partial charge in [0.25, 0.3) is 0 Å². The molecule has 0 aromatic rings. The first-order chi connectivity index (χ1) is 40.5. The SMILES string of the molecule is CCCCC/C=C\CCCCCCCC(=O)OCC(COC(=O)CCCCCCCCCCCCCCCCCCCCCCCCCCCCCCCCCCCC)OC(=O)CCCCCCCCC/C=C\CCCCCCCCC. The number of carbonyl (C=O) groups is 3. The lowest BCUT2D eigenvalue weighted by molar-refractivity contribution is -0.167. The van der Waals surface area contributed by atoms with E-state index in [0.29, 0.717) is 19.3 Å². The van der Waals surface area contributed by atoms with Crippen molar-refractivity contribution in [1.82, 2.24) is 0 Å². The van der Waals surface area contributed by atoms with Crippen molar-refractivity contribution in [2.24, 2.45) is 0 Å². The van der Waals surface area contributed by atoms with Crippen LogP contribution in [0.25, 0.3) is 0 Å². The van der Waals surface area contributed by atoms with Crippen molar-refractivity contribution in [3.8, 4) is 0 Å². The first-order valence-corrected chi connectivity index (χ1v) is 37.3. The molecule has 484 valence electrons. The highest BCUT2D eigenvalue weighted by Crippen LogP contribution is 2.19. The Balaban J connectivity index is 4.06. The van der Waals surface area contributed by atoms with E-state index >= 15 is 0 Å². The average Bonchev–Trinajstić information content (AvgIpc) is 3.47. The average molecular weight is 1150 g/mol. The zero-order valence-electron chi connectivity index (χ0n) is 55.8. The van der Waals surface area contributed by atoms with E-state index in [1.54, 1.807) is 0 Å². The summed E-state index contributed by atoms with van der Waals surface area (Å²) in [6.45, 7) is 6.68. The molecule has 0 aromatic heterocycles. The summed E-state index contributed by atoms with van der Waals surface area (Å²) in [5.41, 5.74) is 0. The molecule has 0 aromatic carbocycles. The van der Waals surface area contributed by atoms with Gasteiger partial charge in [-0.05, 0) is 70.6 Å². The van der Waals surface area contributed by atoms with E-state index in [1.165, 1.54) is 321 Å². The molecule has 0 saturated heterocycles. The van der Waals surface area contributed by atoms with Crippen molar-refractivity contribution in [2.75, 3.05) is 13.2 Å². The number of unbranched alkanes of at least 4 members (excludes halogenated alkanes) is 55. The maximum Gasteiger partial charge on any atom is 0.306 e. The van der Waals surface area contributed by atoms with Crippen molar-refractivity contribution in [3.63, 3.8) is 0 Å². The van der Waals surface area contributed by atoms with Crippen LogP contribution in [0, 0.1) is 0 Å². The van der Waals surface area contributed by atoms with Gasteiger partial charge in [-0.25, -0.2) is 0 Å². The van der Waals surface area contributed by atoms with Crippen LogP contribution in [0.4, 0.5) is 0 Å². The summed E-state index contributed by atoms with van der Waals surface area (Å²) in [5.74, 6) is -0.855. The van der Waals surface area contributed by atoms with Gasteiger partial charge >= 0.3 is 17.9 Å².